The van der Waals surface area contributed by atoms with Crippen LogP contribution in [0.25, 0.3) is 0 Å². The van der Waals surface area contributed by atoms with Gasteiger partial charge in [-0.1, -0.05) is 65.8 Å². The van der Waals surface area contributed by atoms with E-state index >= 15 is 0 Å². The maximum absolute atomic E-state index is 13.6. The molecule has 15 heteroatoms. The molecule has 0 fully saturated rings. The van der Waals surface area contributed by atoms with E-state index in [2.05, 4.69) is 9.98 Å². The van der Waals surface area contributed by atoms with Gasteiger partial charge in [-0.15, -0.1) is 0 Å². The summed E-state index contributed by atoms with van der Waals surface area (Å²) in [7, 11) is 9.78. The van der Waals surface area contributed by atoms with E-state index in [1.165, 1.54) is 6.07 Å². The van der Waals surface area contributed by atoms with Crippen LogP contribution in [0.15, 0.2) is 58.5 Å². The van der Waals surface area contributed by atoms with Gasteiger partial charge in [-0.25, -0.2) is 45.1 Å². The fourth-order valence-electron chi connectivity index (χ4n) is 4.17. The molecule has 0 saturated carbocycles. The number of nitrogens with zero attached hydrogens (tertiary/aromatic N) is 2. The van der Waals surface area contributed by atoms with Gasteiger partial charge in [-0.05, 0) is 34.1 Å². The summed E-state index contributed by atoms with van der Waals surface area (Å²) in [5.41, 5.74) is -0.963. The van der Waals surface area contributed by atoms with E-state index in [0.29, 0.717) is 28.8 Å². The number of benzene rings is 4. The zero-order valence-corrected chi connectivity index (χ0v) is 29.9. The number of para-hydroxylation sites is 2. The van der Waals surface area contributed by atoms with Crippen LogP contribution in [0.3, 0.4) is 0 Å². The second-order valence-corrected chi connectivity index (χ2v) is 14.8. The van der Waals surface area contributed by atoms with E-state index in [1.807, 2.05) is 41.5 Å². The molecule has 262 valence electrons. The molecule has 0 heterocycles. The van der Waals surface area contributed by atoms with E-state index in [-0.39, 0.29) is 22.5 Å². The van der Waals surface area contributed by atoms with Gasteiger partial charge >= 0.3 is 35.6 Å². The maximum atomic E-state index is 13.6. The Bertz CT molecular complexity index is 1810. The van der Waals surface area contributed by atoms with Gasteiger partial charge < -0.3 is 10.2 Å². The fourth-order valence-corrected chi connectivity index (χ4v) is 4.17. The molecule has 0 atom stereocenters. The number of hydrogen-bond acceptors (Lipinski definition) is 4. The van der Waals surface area contributed by atoms with E-state index in [9.17, 15) is 45.3 Å². The van der Waals surface area contributed by atoms with E-state index in [0.717, 1.165) is 12.4 Å². The zero-order chi connectivity index (χ0) is 37.4. The average Bonchev–Trinajstić information content (AvgIpc) is 2.99. The number of aromatic hydroxyl groups is 2. The Morgan fingerprint density at radius 1 is 0.571 bits per heavy atom. The molecule has 0 aromatic heterocycles. The summed E-state index contributed by atoms with van der Waals surface area (Å²) in [5, 5.41) is 20.5. The SMILES string of the molecule is CC(C)(C)c1cccc(C=Nc2c(F)c(F)c(F)c(F)c2F)c1O.CC(C)(C)c1cccc(C=Nc2c(F)cc(F)cc2F)c1O.[Cl][Ti][Cl]. The summed E-state index contributed by atoms with van der Waals surface area (Å²) in [4.78, 5) is 7.04. The van der Waals surface area contributed by atoms with Crippen LogP contribution < -0.4 is 0 Å². The van der Waals surface area contributed by atoms with Crippen molar-refractivity contribution < 1.29 is 62.4 Å². The summed E-state index contributed by atoms with van der Waals surface area (Å²) in [6.45, 7) is 11.3. The molecule has 4 rings (SSSR count). The number of aliphatic imine (C=N–C) groups is 2. The van der Waals surface area contributed by atoms with Crippen molar-refractivity contribution in [2.45, 2.75) is 52.4 Å². The molecule has 0 aliphatic rings. The number of halogens is 10. The third-order valence-electron chi connectivity index (χ3n) is 6.58. The van der Waals surface area contributed by atoms with Crippen molar-refractivity contribution in [1.82, 2.24) is 0 Å². The van der Waals surface area contributed by atoms with Gasteiger partial charge in [-0.3, -0.25) is 0 Å². The first kappa shape index (κ1) is 41.7. The normalized spacial score (nSPS) is 11.7. The van der Waals surface area contributed by atoms with Crippen molar-refractivity contribution in [3.8, 4) is 11.5 Å². The van der Waals surface area contributed by atoms with Crippen molar-refractivity contribution in [3.05, 3.63) is 117 Å². The second kappa shape index (κ2) is 17.5. The Morgan fingerprint density at radius 2 is 0.898 bits per heavy atom. The Kier molecular flexibility index (Phi) is 14.9. The Morgan fingerprint density at radius 3 is 1.24 bits per heavy atom. The standard InChI is InChI=1S/C17H14F5NO.C17H16F3NO.2ClH.Ti/c1-17(2,3)9-6-4-5-8(16(9)24)7-23-15-13(21)11(19)10(18)12(20)14(15)22;1-17(2,3)12-6-4-5-10(16(12)22)9-21-15-13(19)7-11(18)8-14(15)20;;;/h4-7,24H,1-3H3;4-9,22H,1-3H3;2*1H;/q;;;;+2/p-2. The molecule has 4 nitrogen and oxygen atoms in total. The van der Waals surface area contributed by atoms with Crippen molar-refractivity contribution >= 4 is 42.4 Å². The van der Waals surface area contributed by atoms with Gasteiger partial charge in [0.2, 0.25) is 5.82 Å². The minimum absolute atomic E-state index is 0.00155. The third kappa shape index (κ3) is 10.8. The fraction of sp³-hybridized carbons (Fsp3) is 0.235. The van der Waals surface area contributed by atoms with Gasteiger partial charge in [0.1, 0.15) is 28.7 Å². The van der Waals surface area contributed by atoms with Crippen LogP contribution in [-0.4, -0.2) is 22.6 Å². The van der Waals surface area contributed by atoms with Gasteiger partial charge in [0.05, 0.1) is 0 Å². The Labute approximate surface area is 294 Å². The van der Waals surface area contributed by atoms with Crippen LogP contribution in [0.1, 0.15) is 63.8 Å². The number of phenols is 2. The Hall–Kier alpha value is -3.45. The predicted octanol–water partition coefficient (Wildman–Crippen LogP) is 11.4. The molecule has 4 aromatic rings. The first-order valence-electron chi connectivity index (χ1n) is 14.0. The molecule has 0 amide bonds. The minimum atomic E-state index is -2.25. The van der Waals surface area contributed by atoms with Gasteiger partial charge in [0, 0.05) is 35.7 Å². The van der Waals surface area contributed by atoms with Crippen molar-refractivity contribution in [3.63, 3.8) is 0 Å². The number of hydrogen-bond donors (Lipinski definition) is 2. The summed E-state index contributed by atoms with van der Waals surface area (Å²) < 4.78 is 106. The Balaban J connectivity index is 0.000000316. The summed E-state index contributed by atoms with van der Waals surface area (Å²) in [6.07, 6.45) is 2.01. The molecule has 2 N–H and O–H groups in total. The van der Waals surface area contributed by atoms with Crippen molar-refractivity contribution in [2.75, 3.05) is 0 Å². The molecule has 0 unspecified atom stereocenters. The summed E-state index contributed by atoms with van der Waals surface area (Å²) >= 11 is -0.556. The molecule has 0 radical (unpaired) electrons. The molecule has 0 bridgehead atoms. The van der Waals surface area contributed by atoms with Crippen LogP contribution in [0, 0.1) is 46.5 Å². The van der Waals surface area contributed by atoms with Crippen molar-refractivity contribution in [1.29, 1.82) is 0 Å². The number of phenolic OH excluding ortho intramolecular Hbond substituents is 2. The topological polar surface area (TPSA) is 65.2 Å². The molecule has 0 aliphatic carbocycles. The first-order chi connectivity index (χ1) is 22.7. The molecule has 0 saturated heterocycles. The van der Waals surface area contributed by atoms with Crippen LogP contribution in [-0.2, 0) is 27.9 Å². The molecular weight excluding hydrogens is 739 g/mol. The second-order valence-electron chi connectivity index (χ2n) is 12.2. The first-order valence-corrected chi connectivity index (χ1v) is 18.3. The summed E-state index contributed by atoms with van der Waals surface area (Å²) in [6, 6.07) is 10.8. The quantitative estimate of drug-likeness (QED) is 0.0714. The van der Waals surface area contributed by atoms with Gasteiger partial charge in [-0.2, -0.15) is 0 Å². The van der Waals surface area contributed by atoms with Crippen molar-refractivity contribution in [2.24, 2.45) is 9.98 Å². The third-order valence-corrected chi connectivity index (χ3v) is 6.58. The van der Waals surface area contributed by atoms with Crippen LogP contribution in [0.5, 0.6) is 11.5 Å². The summed E-state index contributed by atoms with van der Waals surface area (Å²) in [5.74, 6) is -13.8. The van der Waals surface area contributed by atoms with E-state index in [1.54, 1.807) is 30.3 Å². The van der Waals surface area contributed by atoms with Crippen LogP contribution in [0.4, 0.5) is 46.5 Å². The zero-order valence-electron chi connectivity index (χ0n) is 26.8. The van der Waals surface area contributed by atoms with Crippen LogP contribution >= 0.6 is 18.6 Å². The molecule has 4 aromatic carbocycles. The molecule has 49 heavy (non-hydrogen) atoms. The molecule has 0 aliphatic heterocycles. The van der Waals surface area contributed by atoms with Gasteiger partial charge in [0.15, 0.2) is 34.9 Å². The molecular formula is C34H30Cl2F8N2O2Ti. The average molecular weight is 769 g/mol. The van der Waals surface area contributed by atoms with E-state index in [4.69, 9.17) is 18.6 Å². The predicted molar refractivity (Wildman–Crippen MR) is 172 cm³/mol. The monoisotopic (exact) mass is 768 g/mol. The van der Waals surface area contributed by atoms with E-state index < -0.39 is 80.4 Å². The molecule has 0 spiro atoms. The van der Waals surface area contributed by atoms with Gasteiger partial charge in [0.25, 0.3) is 0 Å². The number of rotatable bonds is 4. The van der Waals surface area contributed by atoms with Crippen LogP contribution in [0.2, 0.25) is 0 Å².